The van der Waals surface area contributed by atoms with E-state index in [1.165, 1.54) is 0 Å². The van der Waals surface area contributed by atoms with Crippen LogP contribution in [0.4, 0.5) is 0 Å². The average molecular weight is 524 g/mol. The monoisotopic (exact) mass is 523 g/mol. The number of carbonyl (C=O) groups is 2. The number of esters is 1. The average Bonchev–Trinajstić information content (AvgIpc) is 2.71. The molecule has 1 aliphatic heterocycles. The maximum Gasteiger partial charge on any atom is 0.329 e. The number of likely N-dealkylation sites (tertiary alicyclic amines) is 1. The zero-order valence-electron chi connectivity index (χ0n) is 21.9. The first-order valence-corrected chi connectivity index (χ1v) is 16.0. The molecule has 0 bridgehead atoms. The summed E-state index contributed by atoms with van der Waals surface area (Å²) in [5, 5.41) is 0.736. The lowest BCUT2D eigenvalue weighted by Gasteiger charge is -2.49. The lowest BCUT2D eigenvalue weighted by molar-refractivity contribution is -0.167. The molecule has 0 unspecified atom stereocenters. The smallest absolute Gasteiger partial charge is 0.329 e. The molecule has 5 nitrogen and oxygen atoms in total. The second-order valence-corrected chi connectivity index (χ2v) is 17.1. The van der Waals surface area contributed by atoms with Gasteiger partial charge in [-0.15, -0.1) is 0 Å². The Morgan fingerprint density at radius 2 is 1.74 bits per heavy atom. The lowest BCUT2D eigenvalue weighted by atomic mass is 9.63. The topological polar surface area (TPSA) is 55.8 Å². The fourth-order valence-corrected chi connectivity index (χ4v) is 6.02. The number of amides is 1. The number of piperidine rings is 1. The van der Waals surface area contributed by atoms with Gasteiger partial charge in [0.05, 0.1) is 11.5 Å². The molecule has 0 aromatic heterocycles. The van der Waals surface area contributed by atoms with Crippen LogP contribution in [0.15, 0.2) is 24.3 Å². The molecular weight excluding hydrogens is 478 g/mol. The second kappa shape index (κ2) is 11.3. The van der Waals surface area contributed by atoms with Crippen molar-refractivity contribution in [1.29, 1.82) is 0 Å². The van der Waals surface area contributed by atoms with Crippen LogP contribution in [0.5, 0.6) is 0 Å². The summed E-state index contributed by atoms with van der Waals surface area (Å²) in [6.45, 7) is 15.9. The number of hydrogen-bond acceptors (Lipinski definition) is 4. The summed E-state index contributed by atoms with van der Waals surface area (Å²) in [4.78, 5) is 29.4. The van der Waals surface area contributed by atoms with E-state index in [1.54, 1.807) is 0 Å². The first-order chi connectivity index (χ1) is 15.8. The Balaban J connectivity index is 0.00000432. The van der Waals surface area contributed by atoms with Crippen LogP contribution < -0.4 is 0 Å². The van der Waals surface area contributed by atoms with Crippen LogP contribution >= 0.6 is 11.6 Å². The molecule has 1 amide bonds. The van der Waals surface area contributed by atoms with Crippen LogP contribution in [0.2, 0.25) is 23.2 Å². The molecule has 3 rings (SSSR count). The van der Waals surface area contributed by atoms with Crippen LogP contribution in [-0.2, 0) is 24.2 Å². The molecule has 0 N–H and O–H groups in total. The third kappa shape index (κ3) is 6.31. The van der Waals surface area contributed by atoms with Crippen LogP contribution in [-0.4, -0.2) is 50.4 Å². The minimum Gasteiger partial charge on any atom is -0.461 e. The Morgan fingerprint density at radius 1 is 1.14 bits per heavy atom. The Hall–Kier alpha value is -1.37. The molecule has 2 atom stereocenters. The van der Waals surface area contributed by atoms with Crippen molar-refractivity contribution in [2.75, 3.05) is 13.2 Å². The molecule has 1 aromatic rings. The Labute approximate surface area is 219 Å². The van der Waals surface area contributed by atoms with E-state index < -0.39 is 19.8 Å². The van der Waals surface area contributed by atoms with Gasteiger partial charge < -0.3 is 14.1 Å². The SMILES string of the molecule is C.CC(C)OC(=O)[C@@H]1[C@H](CO[Si](C)(C)C(C)(C)C)CCCN1C(=O)C1(c2ccc(Cl)cc2)CCC1. The summed E-state index contributed by atoms with van der Waals surface area (Å²) in [5.74, 6) is -0.332. The minimum absolute atomic E-state index is 0. The van der Waals surface area contributed by atoms with Gasteiger partial charge in [-0.3, -0.25) is 4.79 Å². The predicted octanol–water partition coefficient (Wildman–Crippen LogP) is 6.98. The van der Waals surface area contributed by atoms with Crippen LogP contribution in [0, 0.1) is 5.92 Å². The molecule has 1 saturated carbocycles. The summed E-state index contributed by atoms with van der Waals surface area (Å²) >= 11 is 6.12. The van der Waals surface area contributed by atoms with E-state index in [0.717, 1.165) is 37.7 Å². The fraction of sp³-hybridized carbons (Fsp3) is 0.714. The number of carbonyl (C=O) groups excluding carboxylic acids is 2. The molecule has 1 saturated heterocycles. The molecule has 198 valence electrons. The molecule has 1 heterocycles. The predicted molar refractivity (Wildman–Crippen MR) is 146 cm³/mol. The van der Waals surface area contributed by atoms with Gasteiger partial charge in [0.2, 0.25) is 5.91 Å². The molecular formula is C28H46ClNO4Si. The summed E-state index contributed by atoms with van der Waals surface area (Å²) in [6.07, 6.45) is 4.06. The van der Waals surface area contributed by atoms with Gasteiger partial charge in [0.1, 0.15) is 6.04 Å². The largest absolute Gasteiger partial charge is 0.461 e. The molecule has 2 aliphatic rings. The molecule has 35 heavy (non-hydrogen) atoms. The van der Waals surface area contributed by atoms with Crippen molar-refractivity contribution in [3.8, 4) is 0 Å². The lowest BCUT2D eigenvalue weighted by Crippen LogP contribution is -2.61. The van der Waals surface area contributed by atoms with Crippen molar-refractivity contribution in [3.63, 3.8) is 0 Å². The molecule has 1 aromatic carbocycles. The van der Waals surface area contributed by atoms with E-state index in [4.69, 9.17) is 20.8 Å². The highest BCUT2D eigenvalue weighted by Gasteiger charge is 2.52. The summed E-state index contributed by atoms with van der Waals surface area (Å²) in [5.41, 5.74) is 0.409. The highest BCUT2D eigenvalue weighted by atomic mass is 35.5. The Morgan fingerprint density at radius 3 is 2.23 bits per heavy atom. The van der Waals surface area contributed by atoms with E-state index in [0.29, 0.717) is 18.2 Å². The molecule has 7 heteroatoms. The third-order valence-corrected chi connectivity index (χ3v) is 12.8. The highest BCUT2D eigenvalue weighted by molar-refractivity contribution is 6.74. The number of halogens is 1. The van der Waals surface area contributed by atoms with E-state index in [2.05, 4.69) is 33.9 Å². The third-order valence-electron chi connectivity index (χ3n) is 8.09. The zero-order valence-corrected chi connectivity index (χ0v) is 23.7. The second-order valence-electron chi connectivity index (χ2n) is 11.8. The molecule has 2 fully saturated rings. The summed E-state index contributed by atoms with van der Waals surface area (Å²) in [6, 6.07) is 7.01. The minimum atomic E-state index is -1.99. The van der Waals surface area contributed by atoms with Crippen molar-refractivity contribution in [2.45, 2.75) is 110 Å². The number of hydrogen-bond donors (Lipinski definition) is 0. The zero-order chi connectivity index (χ0) is 25.3. The maximum atomic E-state index is 14.1. The van der Waals surface area contributed by atoms with Crippen molar-refractivity contribution in [2.24, 2.45) is 5.92 Å². The quantitative estimate of drug-likeness (QED) is 0.286. The van der Waals surface area contributed by atoms with E-state index in [1.807, 2.05) is 43.0 Å². The normalized spacial score (nSPS) is 22.3. The van der Waals surface area contributed by atoms with Gasteiger partial charge >= 0.3 is 5.97 Å². The van der Waals surface area contributed by atoms with Crippen molar-refractivity contribution in [3.05, 3.63) is 34.9 Å². The van der Waals surface area contributed by atoms with Crippen molar-refractivity contribution >= 4 is 31.8 Å². The van der Waals surface area contributed by atoms with Gasteiger partial charge in [-0.1, -0.05) is 58.4 Å². The van der Waals surface area contributed by atoms with Crippen LogP contribution in [0.1, 0.15) is 79.7 Å². The first kappa shape index (κ1) is 29.9. The van der Waals surface area contributed by atoms with Crippen LogP contribution in [0.25, 0.3) is 0 Å². The van der Waals surface area contributed by atoms with Crippen molar-refractivity contribution < 1.29 is 18.8 Å². The Bertz CT molecular complexity index is 874. The van der Waals surface area contributed by atoms with Crippen molar-refractivity contribution in [1.82, 2.24) is 4.90 Å². The molecule has 1 aliphatic carbocycles. The number of ether oxygens (including phenoxy) is 1. The van der Waals surface area contributed by atoms with Crippen LogP contribution in [0.3, 0.4) is 0 Å². The summed E-state index contributed by atoms with van der Waals surface area (Å²) in [7, 11) is -1.99. The molecule has 0 spiro atoms. The standard InChI is InChI=1S/C27H42ClNO4Si.CH4/c1-19(2)33-24(30)23-20(18-32-34(6,7)26(3,4)5)10-8-17-29(23)25(31)27(15-9-16-27)21-11-13-22(28)14-12-21;/h11-14,19-20,23H,8-10,15-18H2,1-7H3;1H4/t20-,23-;/m0./s1. The van der Waals surface area contributed by atoms with E-state index in [-0.39, 0.29) is 36.4 Å². The summed E-state index contributed by atoms with van der Waals surface area (Å²) < 4.78 is 12.2. The van der Waals surface area contributed by atoms with E-state index >= 15 is 0 Å². The number of rotatable bonds is 7. The molecule has 0 radical (unpaired) electrons. The van der Waals surface area contributed by atoms with Gasteiger partial charge in [-0.2, -0.15) is 0 Å². The van der Waals surface area contributed by atoms with Gasteiger partial charge in [0.15, 0.2) is 8.32 Å². The Kier molecular flexibility index (Phi) is 9.68. The fourth-order valence-electron chi connectivity index (χ4n) is 4.83. The van der Waals surface area contributed by atoms with Gasteiger partial charge in [-0.25, -0.2) is 4.79 Å². The number of nitrogens with zero attached hydrogens (tertiary/aromatic N) is 1. The van der Waals surface area contributed by atoms with Gasteiger partial charge in [-0.05, 0) is 75.4 Å². The first-order valence-electron chi connectivity index (χ1n) is 12.7. The van der Waals surface area contributed by atoms with Gasteiger partial charge in [0, 0.05) is 24.1 Å². The number of benzene rings is 1. The van der Waals surface area contributed by atoms with Gasteiger partial charge in [0.25, 0.3) is 0 Å². The van der Waals surface area contributed by atoms with E-state index in [9.17, 15) is 9.59 Å². The maximum absolute atomic E-state index is 14.1. The highest BCUT2D eigenvalue weighted by Crippen LogP contribution is 2.47.